The lowest BCUT2D eigenvalue weighted by molar-refractivity contribution is 0.0588. The number of rotatable bonds is 4. The van der Waals surface area contributed by atoms with Crippen molar-refractivity contribution in [2.24, 2.45) is 0 Å². The molecule has 0 spiro atoms. The van der Waals surface area contributed by atoms with E-state index >= 15 is 0 Å². The molecule has 0 aliphatic carbocycles. The van der Waals surface area contributed by atoms with Crippen LogP contribution in [0.3, 0.4) is 0 Å². The fraction of sp³-hybridized carbons (Fsp3) is 0.235. The Morgan fingerprint density at radius 2 is 1.95 bits per heavy atom. The summed E-state index contributed by atoms with van der Waals surface area (Å²) in [7, 11) is 0. The van der Waals surface area contributed by atoms with Crippen molar-refractivity contribution in [2.75, 3.05) is 12.4 Å². The Balaban J connectivity index is 1.68. The highest BCUT2D eigenvalue weighted by molar-refractivity contribution is 7.99. The molecule has 1 heterocycles. The van der Waals surface area contributed by atoms with Gasteiger partial charge in [-0.3, -0.25) is 4.79 Å². The van der Waals surface area contributed by atoms with E-state index in [4.69, 9.17) is 4.74 Å². The molecule has 0 radical (unpaired) electrons. The van der Waals surface area contributed by atoms with Crippen molar-refractivity contribution in [3.8, 4) is 0 Å². The molecule has 0 saturated carbocycles. The summed E-state index contributed by atoms with van der Waals surface area (Å²) in [5.74, 6) is 0.900. The van der Waals surface area contributed by atoms with Crippen LogP contribution in [0.25, 0.3) is 0 Å². The van der Waals surface area contributed by atoms with E-state index in [0.717, 1.165) is 25.1 Å². The molecule has 0 amide bonds. The van der Waals surface area contributed by atoms with Crippen LogP contribution in [0.15, 0.2) is 53.4 Å². The summed E-state index contributed by atoms with van der Waals surface area (Å²) < 4.78 is 5.89. The number of aldehydes is 1. The first-order valence-corrected chi connectivity index (χ1v) is 7.73. The highest BCUT2D eigenvalue weighted by Crippen LogP contribution is 2.32. The highest BCUT2D eigenvalue weighted by Gasteiger charge is 2.20. The molecule has 3 rings (SSSR count). The van der Waals surface area contributed by atoms with Crippen molar-refractivity contribution in [3.63, 3.8) is 0 Å². The van der Waals surface area contributed by atoms with E-state index in [1.807, 2.05) is 24.3 Å². The number of benzene rings is 2. The Hall–Kier alpha value is -1.58. The van der Waals surface area contributed by atoms with Gasteiger partial charge in [0.05, 0.1) is 12.7 Å². The second-order valence-electron chi connectivity index (χ2n) is 4.81. The molecule has 1 atom stereocenters. The van der Waals surface area contributed by atoms with Gasteiger partial charge in [-0.1, -0.05) is 36.4 Å². The zero-order valence-corrected chi connectivity index (χ0v) is 11.9. The van der Waals surface area contributed by atoms with Crippen LogP contribution in [-0.4, -0.2) is 18.6 Å². The largest absolute Gasteiger partial charge is 0.372 e. The molecule has 1 unspecified atom stereocenters. The standard InChI is InChI=1S/C17H16O2S/c18-11-13-5-7-15(8-6-13)20-12-17-16-4-2-1-3-14(16)9-10-19-17/h1-8,11,17H,9-10,12H2. The highest BCUT2D eigenvalue weighted by atomic mass is 32.2. The van der Waals surface area contributed by atoms with Crippen LogP contribution in [-0.2, 0) is 11.2 Å². The van der Waals surface area contributed by atoms with Gasteiger partial charge in [0.15, 0.2) is 0 Å². The summed E-state index contributed by atoms with van der Waals surface area (Å²) in [5.41, 5.74) is 3.44. The molecule has 0 N–H and O–H groups in total. The van der Waals surface area contributed by atoms with Crippen LogP contribution in [0.5, 0.6) is 0 Å². The Morgan fingerprint density at radius 1 is 1.15 bits per heavy atom. The number of thioether (sulfide) groups is 1. The van der Waals surface area contributed by atoms with Gasteiger partial charge >= 0.3 is 0 Å². The smallest absolute Gasteiger partial charge is 0.150 e. The third-order valence-corrected chi connectivity index (χ3v) is 4.58. The van der Waals surface area contributed by atoms with Crippen molar-refractivity contribution in [2.45, 2.75) is 17.4 Å². The fourth-order valence-corrected chi connectivity index (χ4v) is 3.38. The molecule has 0 fully saturated rings. The van der Waals surface area contributed by atoms with E-state index in [2.05, 4.69) is 24.3 Å². The molecule has 3 heteroatoms. The summed E-state index contributed by atoms with van der Waals surface area (Å²) in [6, 6.07) is 16.2. The second kappa shape index (κ2) is 6.25. The van der Waals surface area contributed by atoms with E-state index in [9.17, 15) is 4.79 Å². The third-order valence-electron chi connectivity index (χ3n) is 3.51. The lowest BCUT2D eigenvalue weighted by Gasteiger charge is -2.25. The molecular weight excluding hydrogens is 268 g/mol. The average Bonchev–Trinajstić information content (AvgIpc) is 2.53. The number of hydrogen-bond donors (Lipinski definition) is 0. The van der Waals surface area contributed by atoms with E-state index < -0.39 is 0 Å². The van der Waals surface area contributed by atoms with E-state index in [-0.39, 0.29) is 6.10 Å². The molecule has 2 nitrogen and oxygen atoms in total. The molecule has 20 heavy (non-hydrogen) atoms. The molecule has 1 aliphatic rings. The fourth-order valence-electron chi connectivity index (χ4n) is 2.43. The summed E-state index contributed by atoms with van der Waals surface area (Å²) in [5, 5.41) is 0. The van der Waals surface area contributed by atoms with Gasteiger partial charge < -0.3 is 4.74 Å². The van der Waals surface area contributed by atoms with Crippen molar-refractivity contribution in [3.05, 3.63) is 65.2 Å². The molecule has 1 aliphatic heterocycles. The Morgan fingerprint density at radius 3 is 2.75 bits per heavy atom. The van der Waals surface area contributed by atoms with E-state index in [0.29, 0.717) is 5.56 Å². The van der Waals surface area contributed by atoms with Gasteiger partial charge in [0, 0.05) is 16.2 Å². The minimum absolute atomic E-state index is 0.163. The van der Waals surface area contributed by atoms with Crippen LogP contribution in [0.1, 0.15) is 27.6 Å². The van der Waals surface area contributed by atoms with Gasteiger partial charge in [0.25, 0.3) is 0 Å². The quantitative estimate of drug-likeness (QED) is 0.629. The second-order valence-corrected chi connectivity index (χ2v) is 5.90. The predicted molar refractivity (Wildman–Crippen MR) is 81.4 cm³/mol. The van der Waals surface area contributed by atoms with Crippen molar-refractivity contribution in [1.29, 1.82) is 0 Å². The van der Waals surface area contributed by atoms with Crippen molar-refractivity contribution >= 4 is 18.0 Å². The van der Waals surface area contributed by atoms with Gasteiger partial charge in [-0.15, -0.1) is 11.8 Å². The predicted octanol–water partition coefficient (Wildman–Crippen LogP) is 3.91. The summed E-state index contributed by atoms with van der Waals surface area (Å²) in [4.78, 5) is 11.8. The number of fused-ring (bicyclic) bond motifs is 1. The molecule has 0 bridgehead atoms. The van der Waals surface area contributed by atoms with Gasteiger partial charge in [0.1, 0.15) is 6.29 Å². The minimum atomic E-state index is 0.163. The summed E-state index contributed by atoms with van der Waals surface area (Å²) in [6.07, 6.45) is 2.04. The van der Waals surface area contributed by atoms with E-state index in [1.54, 1.807) is 11.8 Å². The summed E-state index contributed by atoms with van der Waals surface area (Å²) >= 11 is 1.77. The Kier molecular flexibility index (Phi) is 4.19. The molecule has 2 aromatic rings. The molecular formula is C17H16O2S. The van der Waals surface area contributed by atoms with Crippen LogP contribution < -0.4 is 0 Å². The maximum atomic E-state index is 10.6. The maximum Gasteiger partial charge on any atom is 0.150 e. The SMILES string of the molecule is O=Cc1ccc(SCC2OCCc3ccccc32)cc1. The zero-order chi connectivity index (χ0) is 13.8. The van der Waals surface area contributed by atoms with Crippen LogP contribution in [0.4, 0.5) is 0 Å². The van der Waals surface area contributed by atoms with Crippen molar-refractivity contribution in [1.82, 2.24) is 0 Å². The van der Waals surface area contributed by atoms with Gasteiger partial charge in [-0.2, -0.15) is 0 Å². The Labute approximate surface area is 123 Å². The van der Waals surface area contributed by atoms with Crippen LogP contribution in [0.2, 0.25) is 0 Å². The zero-order valence-electron chi connectivity index (χ0n) is 11.1. The molecule has 0 aromatic heterocycles. The monoisotopic (exact) mass is 284 g/mol. The number of hydrogen-bond acceptors (Lipinski definition) is 3. The molecule has 102 valence electrons. The van der Waals surface area contributed by atoms with Crippen molar-refractivity contribution < 1.29 is 9.53 Å². The minimum Gasteiger partial charge on any atom is -0.372 e. The topological polar surface area (TPSA) is 26.3 Å². The number of carbonyl (C=O) groups excluding carboxylic acids is 1. The molecule has 2 aromatic carbocycles. The van der Waals surface area contributed by atoms with E-state index in [1.165, 1.54) is 16.0 Å². The average molecular weight is 284 g/mol. The van der Waals surface area contributed by atoms with Gasteiger partial charge in [-0.05, 0) is 29.7 Å². The normalized spacial score (nSPS) is 17.5. The third kappa shape index (κ3) is 2.94. The molecule has 0 saturated heterocycles. The van der Waals surface area contributed by atoms with Gasteiger partial charge in [-0.25, -0.2) is 0 Å². The Bertz CT molecular complexity index is 592. The maximum absolute atomic E-state index is 10.6. The lowest BCUT2D eigenvalue weighted by atomic mass is 9.99. The number of carbonyl (C=O) groups is 1. The van der Waals surface area contributed by atoms with Crippen LogP contribution in [0, 0.1) is 0 Å². The lowest BCUT2D eigenvalue weighted by Crippen LogP contribution is -2.17. The first-order chi connectivity index (χ1) is 9.86. The van der Waals surface area contributed by atoms with Gasteiger partial charge in [0.2, 0.25) is 0 Å². The van der Waals surface area contributed by atoms with Crippen LogP contribution >= 0.6 is 11.8 Å². The first-order valence-electron chi connectivity index (χ1n) is 6.74. The first kappa shape index (κ1) is 13.4. The number of ether oxygens (including phenoxy) is 1. The summed E-state index contributed by atoms with van der Waals surface area (Å²) in [6.45, 7) is 0.798.